The second-order valence-electron chi connectivity index (χ2n) is 8.09. The maximum absolute atomic E-state index is 5.89. The molecule has 3 atom stereocenters. The Kier molecular flexibility index (Phi) is 7.70. The summed E-state index contributed by atoms with van der Waals surface area (Å²) in [4.78, 5) is 0. The van der Waals surface area contributed by atoms with Gasteiger partial charge in [-0.05, 0) is 68.1 Å². The van der Waals surface area contributed by atoms with E-state index < -0.39 is 0 Å². The molecule has 0 N–H and O–H groups in total. The average Bonchev–Trinajstić information content (AvgIpc) is 2.77. The quantitative estimate of drug-likeness (QED) is 0.626. The van der Waals surface area contributed by atoms with Crippen LogP contribution in [-0.2, 0) is 23.7 Å². The van der Waals surface area contributed by atoms with Gasteiger partial charge in [0, 0.05) is 13.0 Å². The number of hydrogen-bond acceptors (Lipinski definition) is 5. The first kappa shape index (κ1) is 21.8. The first-order valence-corrected chi connectivity index (χ1v) is 10.7. The van der Waals surface area contributed by atoms with Gasteiger partial charge in [-0.3, -0.25) is 0 Å². The van der Waals surface area contributed by atoms with Crippen molar-refractivity contribution >= 4 is 0 Å². The summed E-state index contributed by atoms with van der Waals surface area (Å²) < 4.78 is 29.0. The van der Waals surface area contributed by atoms with E-state index in [1.54, 1.807) is 28.4 Å². The fourth-order valence-corrected chi connectivity index (χ4v) is 5.01. The number of rotatable bonds is 5. The maximum atomic E-state index is 5.89. The van der Waals surface area contributed by atoms with E-state index in [2.05, 4.69) is 12.2 Å². The van der Waals surface area contributed by atoms with Crippen LogP contribution in [0.3, 0.4) is 0 Å². The molecule has 0 radical (unpaired) electrons. The van der Waals surface area contributed by atoms with Crippen LogP contribution in [0.1, 0.15) is 51.4 Å². The third-order valence-electron chi connectivity index (χ3n) is 6.55. The van der Waals surface area contributed by atoms with Crippen molar-refractivity contribution in [3.63, 3.8) is 0 Å². The molecule has 0 aliphatic heterocycles. The molecule has 3 aliphatic carbocycles. The van der Waals surface area contributed by atoms with Gasteiger partial charge in [0.1, 0.15) is 11.5 Å². The Labute approximate surface area is 175 Å². The average molecular weight is 405 g/mol. The molecule has 5 heteroatoms. The first-order chi connectivity index (χ1) is 14.2. The van der Waals surface area contributed by atoms with Gasteiger partial charge < -0.3 is 23.7 Å². The monoisotopic (exact) mass is 404 g/mol. The van der Waals surface area contributed by atoms with E-state index in [9.17, 15) is 0 Å². The Morgan fingerprint density at radius 1 is 0.793 bits per heavy atom. The summed E-state index contributed by atoms with van der Waals surface area (Å²) >= 11 is 0. The predicted octanol–water partition coefficient (Wildman–Crippen LogP) is 5.26. The van der Waals surface area contributed by atoms with Crippen molar-refractivity contribution in [1.29, 1.82) is 0 Å². The Hall–Kier alpha value is -1.88. The summed E-state index contributed by atoms with van der Waals surface area (Å²) in [6.07, 6.45) is 13.2. The summed E-state index contributed by atoms with van der Waals surface area (Å²) in [5.41, 5.74) is 2.60. The van der Waals surface area contributed by atoms with E-state index in [-0.39, 0.29) is 5.92 Å². The van der Waals surface area contributed by atoms with Crippen molar-refractivity contribution in [1.82, 2.24) is 0 Å². The normalized spacial score (nSPS) is 28.4. The molecule has 0 saturated heterocycles. The van der Waals surface area contributed by atoms with E-state index in [1.807, 2.05) is 7.11 Å². The molecule has 4 bridgehead atoms. The van der Waals surface area contributed by atoms with Gasteiger partial charge in [0.25, 0.3) is 0 Å². The SMILES string of the molecule is COC1=C2CC(C=C1)CC[C@@H](OC)CCCCC1=C(OC)C(OC)=C(OC)C2C1. The Morgan fingerprint density at radius 2 is 1.59 bits per heavy atom. The molecule has 2 unspecified atom stereocenters. The molecule has 0 amide bonds. The van der Waals surface area contributed by atoms with Crippen molar-refractivity contribution < 1.29 is 23.7 Å². The maximum Gasteiger partial charge on any atom is 0.199 e. The zero-order chi connectivity index (χ0) is 20.8. The molecule has 3 rings (SSSR count). The van der Waals surface area contributed by atoms with Gasteiger partial charge in [-0.25, -0.2) is 0 Å². The molecule has 1 saturated carbocycles. The zero-order valence-electron chi connectivity index (χ0n) is 18.6. The zero-order valence-corrected chi connectivity index (χ0v) is 18.6. The summed E-state index contributed by atoms with van der Waals surface area (Å²) in [7, 11) is 8.73. The minimum Gasteiger partial charge on any atom is -0.497 e. The highest BCUT2D eigenvalue weighted by molar-refractivity contribution is 5.42. The second kappa shape index (κ2) is 10.2. The third kappa shape index (κ3) is 4.66. The van der Waals surface area contributed by atoms with Crippen LogP contribution in [0.4, 0.5) is 0 Å². The minimum atomic E-state index is 0.116. The van der Waals surface area contributed by atoms with Crippen LogP contribution in [0.25, 0.3) is 0 Å². The van der Waals surface area contributed by atoms with Gasteiger partial charge in [-0.15, -0.1) is 0 Å². The molecule has 29 heavy (non-hydrogen) atoms. The molecule has 0 spiro atoms. The number of fused-ring (bicyclic) bond motifs is 5. The second-order valence-corrected chi connectivity index (χ2v) is 8.09. The molecule has 3 aliphatic rings. The van der Waals surface area contributed by atoms with E-state index in [1.165, 1.54) is 11.1 Å². The number of hydrogen-bond donors (Lipinski definition) is 0. The topological polar surface area (TPSA) is 46.2 Å². The fourth-order valence-electron chi connectivity index (χ4n) is 5.01. The number of ether oxygens (including phenoxy) is 5. The van der Waals surface area contributed by atoms with E-state index >= 15 is 0 Å². The molecule has 0 heterocycles. The van der Waals surface area contributed by atoms with Crippen LogP contribution < -0.4 is 0 Å². The van der Waals surface area contributed by atoms with E-state index in [4.69, 9.17) is 23.7 Å². The Balaban J connectivity index is 2.05. The van der Waals surface area contributed by atoms with Crippen LogP contribution in [0.5, 0.6) is 0 Å². The number of allylic oxidation sites excluding steroid dienone is 4. The third-order valence-corrected chi connectivity index (χ3v) is 6.55. The molecule has 0 aromatic rings. The van der Waals surface area contributed by atoms with Crippen LogP contribution in [-0.4, -0.2) is 41.7 Å². The van der Waals surface area contributed by atoms with Gasteiger partial charge in [-0.1, -0.05) is 12.5 Å². The van der Waals surface area contributed by atoms with Gasteiger partial charge in [-0.2, -0.15) is 0 Å². The molecule has 1 fully saturated rings. The summed E-state index contributed by atoms with van der Waals surface area (Å²) in [5, 5.41) is 0. The lowest BCUT2D eigenvalue weighted by Crippen LogP contribution is -2.24. The number of methoxy groups -OCH3 is 5. The molecule has 0 aromatic heterocycles. The lowest BCUT2D eigenvalue weighted by Gasteiger charge is -2.34. The standard InChI is InChI=1S/C24H36O5/c1-25-18-9-7-6-8-17-15-20(23(28-4)24(29-5)22(17)27-3)19-14-16(10-12-18)11-13-21(19)26-2/h11,13,16,18,20H,6-10,12,14-15H2,1-5H3/t16?,18-,20?/m0/s1. The van der Waals surface area contributed by atoms with Crippen molar-refractivity contribution in [2.75, 3.05) is 35.5 Å². The fraction of sp³-hybridized carbons (Fsp3) is 0.667. The van der Waals surface area contributed by atoms with Crippen LogP contribution in [0, 0.1) is 11.8 Å². The molecule has 5 nitrogen and oxygen atoms in total. The van der Waals surface area contributed by atoms with E-state index in [0.29, 0.717) is 12.0 Å². The summed E-state index contributed by atoms with van der Waals surface area (Å²) in [5.74, 6) is 3.96. The highest BCUT2D eigenvalue weighted by Gasteiger charge is 2.37. The van der Waals surface area contributed by atoms with Crippen molar-refractivity contribution in [2.45, 2.75) is 57.5 Å². The van der Waals surface area contributed by atoms with Crippen LogP contribution in [0.15, 0.2) is 46.3 Å². The largest absolute Gasteiger partial charge is 0.497 e. The van der Waals surface area contributed by atoms with Crippen molar-refractivity contribution in [3.05, 3.63) is 46.3 Å². The molecular weight excluding hydrogens is 368 g/mol. The predicted molar refractivity (Wildman–Crippen MR) is 113 cm³/mol. The highest BCUT2D eigenvalue weighted by atomic mass is 16.5. The molecule has 0 aromatic carbocycles. The van der Waals surface area contributed by atoms with E-state index in [0.717, 1.165) is 74.4 Å². The summed E-state index contributed by atoms with van der Waals surface area (Å²) in [6.45, 7) is 0. The van der Waals surface area contributed by atoms with Gasteiger partial charge in [0.15, 0.2) is 11.5 Å². The van der Waals surface area contributed by atoms with Gasteiger partial charge >= 0.3 is 0 Å². The Morgan fingerprint density at radius 3 is 2.24 bits per heavy atom. The Bertz CT molecular complexity index is 700. The molecule has 162 valence electrons. The van der Waals surface area contributed by atoms with Crippen molar-refractivity contribution in [3.8, 4) is 0 Å². The van der Waals surface area contributed by atoms with Crippen molar-refractivity contribution in [2.24, 2.45) is 11.8 Å². The van der Waals surface area contributed by atoms with Crippen LogP contribution in [0.2, 0.25) is 0 Å². The minimum absolute atomic E-state index is 0.116. The highest BCUT2D eigenvalue weighted by Crippen LogP contribution is 2.45. The lowest BCUT2D eigenvalue weighted by atomic mass is 9.77. The smallest absolute Gasteiger partial charge is 0.199 e. The lowest BCUT2D eigenvalue weighted by molar-refractivity contribution is 0.0812. The summed E-state index contributed by atoms with van der Waals surface area (Å²) in [6, 6.07) is 0. The van der Waals surface area contributed by atoms with Crippen LogP contribution >= 0.6 is 0 Å². The van der Waals surface area contributed by atoms with Gasteiger partial charge in [0.2, 0.25) is 0 Å². The van der Waals surface area contributed by atoms with Gasteiger partial charge in [0.05, 0.1) is 34.5 Å². The first-order valence-electron chi connectivity index (χ1n) is 10.7. The molecular formula is C24H36O5.